The van der Waals surface area contributed by atoms with Gasteiger partial charge >= 0.3 is 0 Å². The van der Waals surface area contributed by atoms with Crippen LogP contribution >= 0.6 is 22.9 Å². The Labute approximate surface area is 196 Å². The molecule has 4 rings (SSSR count). The lowest BCUT2D eigenvalue weighted by Crippen LogP contribution is -2.41. The zero-order valence-electron chi connectivity index (χ0n) is 17.8. The van der Waals surface area contributed by atoms with E-state index in [1.807, 2.05) is 30.5 Å². The quantitative estimate of drug-likeness (QED) is 0.532. The second kappa shape index (κ2) is 10.3. The molecular weight excluding hydrogens is 448 g/mol. The molecule has 1 N–H and O–H groups in total. The molecule has 1 aliphatic rings. The van der Waals surface area contributed by atoms with Crippen LogP contribution in [0.2, 0.25) is 4.34 Å². The number of thiophene rings is 1. The molecule has 2 amide bonds. The Morgan fingerprint density at radius 2 is 2.00 bits per heavy atom. The first-order chi connectivity index (χ1) is 15.5. The van der Waals surface area contributed by atoms with E-state index in [-0.39, 0.29) is 18.4 Å². The third-order valence-electron chi connectivity index (χ3n) is 5.24. The Morgan fingerprint density at radius 3 is 2.69 bits per heavy atom. The van der Waals surface area contributed by atoms with Gasteiger partial charge in [-0.1, -0.05) is 24.9 Å². The van der Waals surface area contributed by atoms with Gasteiger partial charge in [0.15, 0.2) is 0 Å². The first kappa shape index (κ1) is 22.5. The second-order valence-electron chi connectivity index (χ2n) is 7.52. The Balaban J connectivity index is 1.51. The zero-order chi connectivity index (χ0) is 22.5. The van der Waals surface area contributed by atoms with Crippen LogP contribution < -0.4 is 10.2 Å². The van der Waals surface area contributed by atoms with E-state index in [2.05, 4.69) is 16.8 Å². The van der Waals surface area contributed by atoms with E-state index in [0.717, 1.165) is 42.2 Å². The maximum absolute atomic E-state index is 12.3. The first-order valence-corrected chi connectivity index (χ1v) is 11.8. The average molecular weight is 473 g/mol. The molecule has 0 bridgehead atoms. The lowest BCUT2D eigenvalue weighted by atomic mass is 10.2. The fraction of sp³-hybridized carbons (Fsp3) is 0.348. The van der Waals surface area contributed by atoms with Gasteiger partial charge in [-0.15, -0.1) is 11.3 Å². The number of anilines is 1. The minimum atomic E-state index is -0.161. The number of ether oxygens (including phenoxy) is 1. The number of rotatable bonds is 8. The number of amides is 2. The number of hydrogen-bond acceptors (Lipinski definition) is 5. The fourth-order valence-electron chi connectivity index (χ4n) is 3.57. The maximum atomic E-state index is 12.3. The van der Waals surface area contributed by atoms with Crippen LogP contribution in [0.5, 0.6) is 0 Å². The number of unbranched alkanes of at least 4 members (excludes halogenated alkanes) is 1. The smallest absolute Gasteiger partial charge is 0.261 e. The van der Waals surface area contributed by atoms with Gasteiger partial charge in [0.05, 0.1) is 28.1 Å². The van der Waals surface area contributed by atoms with Crippen molar-refractivity contribution in [2.24, 2.45) is 0 Å². The summed E-state index contributed by atoms with van der Waals surface area (Å²) in [5, 5.41) is 2.91. The summed E-state index contributed by atoms with van der Waals surface area (Å²) in [6.07, 6.45) is 4.89. The number of nitrogens with one attached hydrogen (secondary N) is 1. The van der Waals surface area contributed by atoms with E-state index >= 15 is 0 Å². The van der Waals surface area contributed by atoms with Gasteiger partial charge in [-0.2, -0.15) is 0 Å². The molecule has 168 valence electrons. The molecule has 1 aromatic carbocycles. The summed E-state index contributed by atoms with van der Waals surface area (Å²) in [5.41, 5.74) is 2.62. The molecule has 0 spiro atoms. The summed E-state index contributed by atoms with van der Waals surface area (Å²) >= 11 is 7.18. The van der Waals surface area contributed by atoms with E-state index in [1.165, 1.54) is 11.3 Å². The number of hydrogen-bond donors (Lipinski definition) is 1. The number of benzene rings is 1. The average Bonchev–Trinajstić information content (AvgIpc) is 3.43. The number of halogens is 1. The van der Waals surface area contributed by atoms with E-state index < -0.39 is 0 Å². The lowest BCUT2D eigenvalue weighted by Gasteiger charge is -2.27. The predicted octanol–water partition coefficient (Wildman–Crippen LogP) is 4.22. The molecular formula is C23H25ClN4O3S. The summed E-state index contributed by atoms with van der Waals surface area (Å²) < 4.78 is 7.86. The zero-order valence-corrected chi connectivity index (χ0v) is 19.4. The Kier molecular flexibility index (Phi) is 7.24. The maximum Gasteiger partial charge on any atom is 0.261 e. The number of aromatic nitrogens is 2. The summed E-state index contributed by atoms with van der Waals surface area (Å²) in [6, 6.07) is 11.3. The van der Waals surface area contributed by atoms with E-state index in [1.54, 1.807) is 17.0 Å². The van der Waals surface area contributed by atoms with Gasteiger partial charge in [-0.25, -0.2) is 4.98 Å². The Bertz CT molecular complexity index is 1090. The number of carbonyl (C=O) groups excluding carboxylic acids is 2. The second-order valence-corrected chi connectivity index (χ2v) is 9.24. The van der Waals surface area contributed by atoms with Crippen LogP contribution in [-0.4, -0.2) is 41.1 Å². The fourth-order valence-corrected chi connectivity index (χ4v) is 4.53. The van der Waals surface area contributed by atoms with Crippen molar-refractivity contribution in [1.82, 2.24) is 14.9 Å². The highest BCUT2D eigenvalue weighted by atomic mass is 35.5. The molecule has 9 heteroatoms. The Morgan fingerprint density at radius 1 is 1.22 bits per heavy atom. The third kappa shape index (κ3) is 5.20. The van der Waals surface area contributed by atoms with Crippen LogP contribution in [0.25, 0.3) is 5.69 Å². The molecule has 3 aromatic rings. The van der Waals surface area contributed by atoms with E-state index in [0.29, 0.717) is 28.9 Å². The molecule has 2 aromatic heterocycles. The minimum absolute atomic E-state index is 0.0275. The first-order valence-electron chi connectivity index (χ1n) is 10.6. The van der Waals surface area contributed by atoms with Crippen molar-refractivity contribution in [3.05, 3.63) is 63.3 Å². The monoisotopic (exact) mass is 472 g/mol. The van der Waals surface area contributed by atoms with Crippen molar-refractivity contribution in [3.63, 3.8) is 0 Å². The molecule has 7 nitrogen and oxygen atoms in total. The molecule has 1 saturated heterocycles. The normalized spacial score (nSPS) is 14.1. The number of nitrogens with zero attached hydrogens (tertiary/aromatic N) is 3. The van der Waals surface area contributed by atoms with Crippen molar-refractivity contribution in [2.45, 2.75) is 32.7 Å². The highest BCUT2D eigenvalue weighted by Crippen LogP contribution is 2.23. The number of aryl methyl sites for hydroxylation is 1. The van der Waals surface area contributed by atoms with Gasteiger partial charge in [-0.3, -0.25) is 9.59 Å². The topological polar surface area (TPSA) is 76.5 Å². The highest BCUT2D eigenvalue weighted by molar-refractivity contribution is 7.17. The van der Waals surface area contributed by atoms with Gasteiger partial charge in [0.25, 0.3) is 11.8 Å². The number of carbonyl (C=O) groups is 2. The van der Waals surface area contributed by atoms with Crippen molar-refractivity contribution in [2.75, 3.05) is 24.7 Å². The number of imidazole rings is 1. The summed E-state index contributed by atoms with van der Waals surface area (Å²) in [4.78, 5) is 31.5. The van der Waals surface area contributed by atoms with Gasteiger partial charge in [0.1, 0.15) is 12.4 Å². The van der Waals surface area contributed by atoms with Crippen molar-refractivity contribution in [3.8, 4) is 5.69 Å². The van der Waals surface area contributed by atoms with Gasteiger partial charge in [0, 0.05) is 30.5 Å². The van der Waals surface area contributed by atoms with Crippen LogP contribution in [-0.2, 0) is 22.5 Å². The summed E-state index contributed by atoms with van der Waals surface area (Å²) in [7, 11) is 0. The number of morpholine rings is 1. The largest absolute Gasteiger partial charge is 0.370 e. The van der Waals surface area contributed by atoms with E-state index in [9.17, 15) is 9.59 Å². The summed E-state index contributed by atoms with van der Waals surface area (Å²) in [6.45, 7) is 3.71. The molecule has 0 aliphatic carbocycles. The molecule has 32 heavy (non-hydrogen) atoms. The molecule has 1 fully saturated rings. The molecule has 1 aliphatic heterocycles. The molecule has 3 heterocycles. The van der Waals surface area contributed by atoms with Crippen molar-refractivity contribution >= 4 is 40.4 Å². The standard InChI is InChI=1S/C23H25ClN4O3S/c1-2-3-4-21-26-16(13-25-23(30)19-9-10-20(24)32-19)14-28(21)18-7-5-17(6-8-18)27-11-12-31-15-22(27)29/h5-10,14H,2-4,11-13,15H2,1H3,(H,25,30). The molecule has 0 atom stereocenters. The molecule has 0 unspecified atom stereocenters. The molecule has 0 saturated carbocycles. The SMILES string of the molecule is CCCCc1nc(CNC(=O)c2ccc(Cl)s2)cn1-c1ccc(N2CCOCC2=O)cc1. The van der Waals surface area contributed by atoms with Crippen LogP contribution in [0.15, 0.2) is 42.6 Å². The van der Waals surface area contributed by atoms with Crippen LogP contribution in [0.4, 0.5) is 5.69 Å². The van der Waals surface area contributed by atoms with Crippen molar-refractivity contribution in [1.29, 1.82) is 0 Å². The highest BCUT2D eigenvalue weighted by Gasteiger charge is 2.20. The molecule has 0 radical (unpaired) electrons. The minimum Gasteiger partial charge on any atom is -0.370 e. The lowest BCUT2D eigenvalue weighted by molar-refractivity contribution is -0.125. The van der Waals surface area contributed by atoms with Crippen molar-refractivity contribution < 1.29 is 14.3 Å². The predicted molar refractivity (Wildman–Crippen MR) is 126 cm³/mol. The van der Waals surface area contributed by atoms with Gasteiger partial charge < -0.3 is 19.5 Å². The third-order valence-corrected chi connectivity index (χ3v) is 6.47. The summed E-state index contributed by atoms with van der Waals surface area (Å²) in [5.74, 6) is 0.761. The van der Waals surface area contributed by atoms with E-state index in [4.69, 9.17) is 21.3 Å². The Hall–Kier alpha value is -2.68. The van der Waals surface area contributed by atoms with Gasteiger partial charge in [0.2, 0.25) is 0 Å². The van der Waals surface area contributed by atoms with Crippen LogP contribution in [0.1, 0.15) is 41.0 Å². The van der Waals surface area contributed by atoms with Gasteiger partial charge in [-0.05, 0) is 42.8 Å². The van der Waals surface area contributed by atoms with Crippen LogP contribution in [0.3, 0.4) is 0 Å². The van der Waals surface area contributed by atoms with Crippen LogP contribution in [0, 0.1) is 0 Å².